The lowest BCUT2D eigenvalue weighted by molar-refractivity contribution is 0.212. The maximum atomic E-state index is 9.47. The van der Waals surface area contributed by atoms with E-state index in [2.05, 4.69) is 18.7 Å². The Bertz CT molecular complexity index is 414. The number of ether oxygens (including phenoxy) is 2. The van der Waals surface area contributed by atoms with Gasteiger partial charge in [-0.3, -0.25) is 4.90 Å². The molecule has 20 heavy (non-hydrogen) atoms. The minimum absolute atomic E-state index is 0.0397. The van der Waals surface area contributed by atoms with Crippen LogP contribution in [0.1, 0.15) is 38.8 Å². The Kier molecular flexibility index (Phi) is 6.82. The molecule has 0 saturated carbocycles. The highest BCUT2D eigenvalue weighted by Gasteiger charge is 2.17. The molecular formula is C16H27NO3. The van der Waals surface area contributed by atoms with E-state index in [1.165, 1.54) is 0 Å². The molecule has 1 aromatic carbocycles. The van der Waals surface area contributed by atoms with Crippen LogP contribution in [0.15, 0.2) is 12.1 Å². The first-order valence-corrected chi connectivity index (χ1v) is 7.25. The topological polar surface area (TPSA) is 41.9 Å². The molecule has 0 saturated heterocycles. The summed E-state index contributed by atoms with van der Waals surface area (Å²) in [5, 5.41) is 9.47. The van der Waals surface area contributed by atoms with Gasteiger partial charge in [0.15, 0.2) is 11.5 Å². The fourth-order valence-corrected chi connectivity index (χ4v) is 2.17. The molecule has 0 aromatic heterocycles. The van der Waals surface area contributed by atoms with Crippen LogP contribution in [0.2, 0.25) is 0 Å². The van der Waals surface area contributed by atoms with Crippen LogP contribution in [0.4, 0.5) is 0 Å². The molecule has 0 bridgehead atoms. The molecule has 0 aliphatic rings. The Morgan fingerprint density at radius 2 is 1.70 bits per heavy atom. The van der Waals surface area contributed by atoms with Crippen molar-refractivity contribution in [1.82, 2.24) is 4.90 Å². The predicted molar refractivity (Wildman–Crippen MR) is 81.3 cm³/mol. The van der Waals surface area contributed by atoms with Crippen molar-refractivity contribution >= 4 is 0 Å². The van der Waals surface area contributed by atoms with Gasteiger partial charge in [0.2, 0.25) is 0 Å². The summed E-state index contributed by atoms with van der Waals surface area (Å²) < 4.78 is 11.4. The monoisotopic (exact) mass is 281 g/mol. The van der Waals surface area contributed by atoms with E-state index in [0.717, 1.165) is 36.5 Å². The van der Waals surface area contributed by atoms with Crippen LogP contribution in [0, 0.1) is 0 Å². The molecule has 0 unspecified atom stereocenters. The van der Waals surface area contributed by atoms with E-state index in [0.29, 0.717) is 5.75 Å². The number of aliphatic hydroxyl groups excluding tert-OH is 1. The van der Waals surface area contributed by atoms with Gasteiger partial charge in [-0.1, -0.05) is 26.0 Å². The summed E-state index contributed by atoms with van der Waals surface area (Å²) in [6.45, 7) is 11.0. The van der Waals surface area contributed by atoms with E-state index in [1.54, 1.807) is 7.11 Å². The molecule has 1 aromatic rings. The van der Waals surface area contributed by atoms with Crippen molar-refractivity contribution in [2.75, 3.05) is 20.2 Å². The Balaban J connectivity index is 3.18. The third-order valence-electron chi connectivity index (χ3n) is 3.29. The minimum atomic E-state index is -0.0516. The van der Waals surface area contributed by atoms with Gasteiger partial charge in [-0.25, -0.2) is 0 Å². The van der Waals surface area contributed by atoms with Crippen molar-refractivity contribution in [3.8, 4) is 11.5 Å². The molecule has 0 atom stereocenters. The Morgan fingerprint density at radius 3 is 2.15 bits per heavy atom. The van der Waals surface area contributed by atoms with Gasteiger partial charge in [0.1, 0.15) is 0 Å². The van der Waals surface area contributed by atoms with E-state index >= 15 is 0 Å². The summed E-state index contributed by atoms with van der Waals surface area (Å²) in [6.07, 6.45) is 0.0397. The van der Waals surface area contributed by atoms with Crippen LogP contribution in [0.25, 0.3) is 0 Å². The average Bonchev–Trinajstić information content (AvgIpc) is 2.44. The maximum Gasteiger partial charge on any atom is 0.167 e. The lowest BCUT2D eigenvalue weighted by Gasteiger charge is -2.23. The summed E-state index contributed by atoms with van der Waals surface area (Å²) in [4.78, 5) is 2.32. The Labute approximate surface area is 122 Å². The summed E-state index contributed by atoms with van der Waals surface area (Å²) in [6, 6.07) is 3.93. The lowest BCUT2D eigenvalue weighted by Crippen LogP contribution is -2.22. The van der Waals surface area contributed by atoms with Crippen LogP contribution in [0.5, 0.6) is 11.5 Å². The lowest BCUT2D eigenvalue weighted by atomic mass is 10.1. The van der Waals surface area contributed by atoms with E-state index in [4.69, 9.17) is 9.47 Å². The Morgan fingerprint density at radius 1 is 1.10 bits per heavy atom. The first kappa shape index (κ1) is 16.8. The maximum absolute atomic E-state index is 9.47. The van der Waals surface area contributed by atoms with Crippen LogP contribution < -0.4 is 9.47 Å². The second-order valence-corrected chi connectivity index (χ2v) is 5.03. The minimum Gasteiger partial charge on any atom is -0.493 e. The van der Waals surface area contributed by atoms with Crippen molar-refractivity contribution in [3.63, 3.8) is 0 Å². The highest BCUT2D eigenvalue weighted by Crippen LogP contribution is 2.36. The van der Waals surface area contributed by atoms with Crippen molar-refractivity contribution in [3.05, 3.63) is 23.3 Å². The van der Waals surface area contributed by atoms with Crippen molar-refractivity contribution in [2.24, 2.45) is 0 Å². The molecular weight excluding hydrogens is 254 g/mol. The van der Waals surface area contributed by atoms with Crippen molar-refractivity contribution in [1.29, 1.82) is 0 Å². The zero-order valence-electron chi connectivity index (χ0n) is 13.3. The fraction of sp³-hybridized carbons (Fsp3) is 0.625. The summed E-state index contributed by atoms with van der Waals surface area (Å²) >= 11 is 0. The first-order valence-electron chi connectivity index (χ1n) is 7.25. The summed E-state index contributed by atoms with van der Waals surface area (Å²) in [5.41, 5.74) is 1.85. The number of hydrogen-bond acceptors (Lipinski definition) is 4. The summed E-state index contributed by atoms with van der Waals surface area (Å²) in [5.74, 6) is 1.40. The second-order valence-electron chi connectivity index (χ2n) is 5.03. The number of methoxy groups -OCH3 is 1. The molecule has 0 amide bonds. The van der Waals surface area contributed by atoms with Gasteiger partial charge < -0.3 is 14.6 Å². The number of nitrogens with zero attached hydrogens (tertiary/aromatic N) is 1. The van der Waals surface area contributed by atoms with Gasteiger partial charge in [-0.15, -0.1) is 0 Å². The average molecular weight is 281 g/mol. The number of aliphatic hydroxyl groups is 1. The van der Waals surface area contributed by atoms with Gasteiger partial charge in [-0.05, 0) is 26.9 Å². The number of benzene rings is 1. The Hall–Kier alpha value is -1.26. The van der Waals surface area contributed by atoms with Gasteiger partial charge >= 0.3 is 0 Å². The predicted octanol–water partition coefficient (Wildman–Crippen LogP) is 2.82. The molecule has 1 N–H and O–H groups in total. The zero-order valence-corrected chi connectivity index (χ0v) is 13.3. The normalized spacial score (nSPS) is 11.2. The second kappa shape index (κ2) is 8.12. The van der Waals surface area contributed by atoms with Crippen LogP contribution >= 0.6 is 0 Å². The first-order chi connectivity index (χ1) is 9.57. The molecule has 1 rings (SSSR count). The van der Waals surface area contributed by atoms with Gasteiger partial charge in [0.05, 0.1) is 19.8 Å². The molecule has 4 heteroatoms. The quantitative estimate of drug-likeness (QED) is 0.795. The zero-order chi connectivity index (χ0) is 15.1. The van der Waals surface area contributed by atoms with Crippen LogP contribution in [-0.4, -0.2) is 36.3 Å². The van der Waals surface area contributed by atoms with E-state index in [1.807, 2.05) is 26.0 Å². The van der Waals surface area contributed by atoms with Crippen molar-refractivity contribution in [2.45, 2.75) is 47.0 Å². The SMILES string of the molecule is CCN(CC)Cc1ccc(CO)c(OC(C)C)c1OC. The third-order valence-corrected chi connectivity index (χ3v) is 3.29. The molecule has 0 radical (unpaired) electrons. The standard InChI is InChI=1S/C16H27NO3/c1-6-17(7-2)10-13-8-9-14(11-18)16(15(13)19-5)20-12(3)4/h8-9,12,18H,6-7,10-11H2,1-5H3. The molecule has 0 heterocycles. The number of rotatable bonds is 8. The summed E-state index contributed by atoms with van der Waals surface area (Å²) in [7, 11) is 1.65. The molecule has 4 nitrogen and oxygen atoms in total. The van der Waals surface area contributed by atoms with Gasteiger partial charge in [-0.2, -0.15) is 0 Å². The van der Waals surface area contributed by atoms with E-state index < -0.39 is 0 Å². The van der Waals surface area contributed by atoms with Crippen LogP contribution in [-0.2, 0) is 13.2 Å². The number of hydrogen-bond donors (Lipinski definition) is 1. The van der Waals surface area contributed by atoms with Gasteiger partial charge in [0, 0.05) is 17.7 Å². The smallest absolute Gasteiger partial charge is 0.167 e. The third kappa shape index (κ3) is 4.12. The highest BCUT2D eigenvalue weighted by molar-refractivity contribution is 5.52. The fourth-order valence-electron chi connectivity index (χ4n) is 2.17. The van der Waals surface area contributed by atoms with E-state index in [-0.39, 0.29) is 12.7 Å². The van der Waals surface area contributed by atoms with Crippen LogP contribution in [0.3, 0.4) is 0 Å². The largest absolute Gasteiger partial charge is 0.493 e. The molecule has 0 aliphatic heterocycles. The van der Waals surface area contributed by atoms with E-state index in [9.17, 15) is 5.11 Å². The molecule has 0 aliphatic carbocycles. The molecule has 114 valence electrons. The molecule has 0 fully saturated rings. The highest BCUT2D eigenvalue weighted by atomic mass is 16.5. The molecule has 0 spiro atoms. The van der Waals surface area contributed by atoms with Crippen molar-refractivity contribution < 1.29 is 14.6 Å². The van der Waals surface area contributed by atoms with Gasteiger partial charge in [0.25, 0.3) is 0 Å².